The lowest BCUT2D eigenvalue weighted by Crippen LogP contribution is -2.45. The highest BCUT2D eigenvalue weighted by Gasteiger charge is 2.41. The Hall–Kier alpha value is -0.860. The summed E-state index contributed by atoms with van der Waals surface area (Å²) in [5.74, 6) is -0.204. The highest BCUT2D eigenvalue weighted by Crippen LogP contribution is 2.26. The molecule has 0 N–H and O–H groups in total. The number of carbonyl (C=O) groups is 2. The number of rotatable bonds is 0. The summed E-state index contributed by atoms with van der Waals surface area (Å²) >= 11 is 0. The fourth-order valence-electron chi connectivity index (χ4n) is 1.49. The van der Waals surface area contributed by atoms with Crippen LogP contribution >= 0.6 is 0 Å². The Morgan fingerprint density at radius 2 is 1.64 bits per heavy atom. The first kappa shape index (κ1) is 13.1. The molecule has 1 heterocycles. The largest absolute Gasteiger partial charge is 0.277 e. The van der Waals surface area contributed by atoms with Gasteiger partial charge in [0.1, 0.15) is 0 Å². The van der Waals surface area contributed by atoms with Crippen molar-refractivity contribution < 1.29 is 9.59 Å². The Morgan fingerprint density at radius 3 is 1.79 bits per heavy atom. The smallest absolute Gasteiger partial charge is 0.233 e. The summed E-state index contributed by atoms with van der Waals surface area (Å²) in [4.78, 5) is 24.2. The molecule has 14 heavy (non-hydrogen) atoms. The molecule has 1 rings (SSSR count). The molecule has 0 aromatic rings. The van der Waals surface area contributed by atoms with Gasteiger partial charge in [0.25, 0.3) is 0 Å². The maximum atomic E-state index is 11.5. The molecule has 1 atom stereocenters. The van der Waals surface area contributed by atoms with E-state index in [0.717, 1.165) is 0 Å². The van der Waals surface area contributed by atoms with Crippen LogP contribution in [0.3, 0.4) is 0 Å². The molecular weight excluding hydrogens is 178 g/mol. The standard InChI is InChI=1S/C9H15NO2.C2H6/c1-6-5-7(11)10(8(6)12)9(2,3)4;1-2/h6H,5H2,1-4H3;1-2H3. The summed E-state index contributed by atoms with van der Waals surface area (Å²) in [5.41, 5.74) is -0.362. The van der Waals surface area contributed by atoms with Crippen LogP contribution < -0.4 is 0 Å². The topological polar surface area (TPSA) is 37.4 Å². The molecule has 0 radical (unpaired) electrons. The number of hydrogen-bond acceptors (Lipinski definition) is 2. The summed E-state index contributed by atoms with van der Waals surface area (Å²) in [7, 11) is 0. The van der Waals surface area contributed by atoms with Crippen molar-refractivity contribution in [1.82, 2.24) is 4.90 Å². The minimum absolute atomic E-state index is 0.0347. The van der Waals surface area contributed by atoms with Crippen LogP contribution in [-0.4, -0.2) is 22.3 Å². The van der Waals surface area contributed by atoms with Gasteiger partial charge in [-0.15, -0.1) is 0 Å². The number of likely N-dealkylation sites (tertiary alicyclic amines) is 1. The summed E-state index contributed by atoms with van der Waals surface area (Å²) in [6, 6.07) is 0. The number of nitrogens with zero attached hydrogens (tertiary/aromatic N) is 1. The average Bonchev–Trinajstić information content (AvgIpc) is 2.29. The Bertz CT molecular complexity index is 228. The predicted molar refractivity (Wildman–Crippen MR) is 56.7 cm³/mol. The highest BCUT2D eigenvalue weighted by atomic mass is 16.2. The molecule has 3 heteroatoms. The van der Waals surface area contributed by atoms with Crippen molar-refractivity contribution in [3.8, 4) is 0 Å². The first-order valence-electron chi connectivity index (χ1n) is 5.21. The Labute approximate surface area is 86.5 Å². The molecule has 82 valence electrons. The molecule has 0 saturated carbocycles. The quantitative estimate of drug-likeness (QED) is 0.561. The van der Waals surface area contributed by atoms with E-state index in [-0.39, 0.29) is 23.3 Å². The zero-order valence-corrected chi connectivity index (χ0v) is 10.0. The SMILES string of the molecule is CC.CC1CC(=O)N(C(C)(C)C)C1=O. The summed E-state index contributed by atoms with van der Waals surface area (Å²) in [6.45, 7) is 11.4. The second-order valence-electron chi connectivity index (χ2n) is 4.34. The van der Waals surface area contributed by atoms with E-state index in [2.05, 4.69) is 0 Å². The van der Waals surface area contributed by atoms with Crippen LogP contribution in [0, 0.1) is 5.92 Å². The van der Waals surface area contributed by atoms with E-state index in [9.17, 15) is 9.59 Å². The van der Waals surface area contributed by atoms with E-state index >= 15 is 0 Å². The molecule has 1 aliphatic rings. The van der Waals surface area contributed by atoms with E-state index in [4.69, 9.17) is 0 Å². The van der Waals surface area contributed by atoms with E-state index in [0.29, 0.717) is 6.42 Å². The van der Waals surface area contributed by atoms with Crippen LogP contribution in [0.15, 0.2) is 0 Å². The Kier molecular flexibility index (Phi) is 4.30. The van der Waals surface area contributed by atoms with Crippen molar-refractivity contribution in [2.75, 3.05) is 0 Å². The molecule has 1 unspecified atom stereocenters. The second kappa shape index (κ2) is 4.58. The van der Waals surface area contributed by atoms with Gasteiger partial charge < -0.3 is 0 Å². The second-order valence-corrected chi connectivity index (χ2v) is 4.34. The fourth-order valence-corrected chi connectivity index (χ4v) is 1.49. The zero-order valence-electron chi connectivity index (χ0n) is 10.0. The lowest BCUT2D eigenvalue weighted by Gasteiger charge is -2.29. The third-order valence-electron chi connectivity index (χ3n) is 2.04. The molecule has 0 bridgehead atoms. The maximum Gasteiger partial charge on any atom is 0.233 e. The van der Waals surface area contributed by atoms with Crippen molar-refractivity contribution in [2.45, 2.75) is 53.5 Å². The van der Waals surface area contributed by atoms with Crippen LogP contribution in [0.2, 0.25) is 0 Å². The van der Waals surface area contributed by atoms with Gasteiger partial charge >= 0.3 is 0 Å². The van der Waals surface area contributed by atoms with Crippen molar-refractivity contribution in [3.63, 3.8) is 0 Å². The summed E-state index contributed by atoms with van der Waals surface area (Å²) in [6.07, 6.45) is 0.371. The minimum Gasteiger partial charge on any atom is -0.277 e. The lowest BCUT2D eigenvalue weighted by molar-refractivity contribution is -0.144. The predicted octanol–water partition coefficient (Wildman–Crippen LogP) is 2.21. The number of hydrogen-bond donors (Lipinski definition) is 0. The van der Waals surface area contributed by atoms with Gasteiger partial charge in [-0.25, -0.2) is 0 Å². The average molecular weight is 199 g/mol. The molecule has 0 aromatic heterocycles. The first-order valence-corrected chi connectivity index (χ1v) is 5.21. The number of amides is 2. The molecule has 0 spiro atoms. The minimum atomic E-state index is -0.362. The first-order chi connectivity index (χ1) is 6.34. The van der Waals surface area contributed by atoms with Gasteiger partial charge in [-0.1, -0.05) is 20.8 Å². The van der Waals surface area contributed by atoms with Crippen LogP contribution in [-0.2, 0) is 9.59 Å². The normalized spacial score (nSPS) is 22.1. The number of carbonyl (C=O) groups excluding carboxylic acids is 2. The van der Waals surface area contributed by atoms with Crippen molar-refractivity contribution in [2.24, 2.45) is 5.92 Å². The van der Waals surface area contributed by atoms with Crippen LogP contribution in [0.1, 0.15) is 48.0 Å². The summed E-state index contributed by atoms with van der Waals surface area (Å²) < 4.78 is 0. The summed E-state index contributed by atoms with van der Waals surface area (Å²) in [5, 5.41) is 0. The van der Waals surface area contributed by atoms with Gasteiger partial charge in [0.2, 0.25) is 11.8 Å². The third-order valence-corrected chi connectivity index (χ3v) is 2.04. The maximum absolute atomic E-state index is 11.5. The van der Waals surface area contributed by atoms with Crippen LogP contribution in [0.25, 0.3) is 0 Å². The molecule has 2 amide bonds. The van der Waals surface area contributed by atoms with Crippen molar-refractivity contribution in [3.05, 3.63) is 0 Å². The Balaban J connectivity index is 0.000000791. The molecule has 0 aliphatic carbocycles. The molecule has 0 aromatic carbocycles. The fraction of sp³-hybridized carbons (Fsp3) is 0.818. The molecule has 1 fully saturated rings. The van der Waals surface area contributed by atoms with E-state index in [1.807, 2.05) is 34.6 Å². The molecule has 3 nitrogen and oxygen atoms in total. The molecular formula is C11H21NO2. The van der Waals surface area contributed by atoms with Crippen molar-refractivity contribution >= 4 is 11.8 Å². The monoisotopic (exact) mass is 199 g/mol. The van der Waals surface area contributed by atoms with E-state index in [1.165, 1.54) is 4.90 Å². The van der Waals surface area contributed by atoms with E-state index in [1.54, 1.807) is 6.92 Å². The highest BCUT2D eigenvalue weighted by molar-refractivity contribution is 6.04. The molecule has 1 aliphatic heterocycles. The van der Waals surface area contributed by atoms with Gasteiger partial charge in [0.15, 0.2) is 0 Å². The zero-order chi connectivity index (χ0) is 11.5. The van der Waals surface area contributed by atoms with Crippen LogP contribution in [0.5, 0.6) is 0 Å². The molecule has 1 saturated heterocycles. The number of imide groups is 1. The lowest BCUT2D eigenvalue weighted by atomic mass is 10.1. The van der Waals surface area contributed by atoms with Gasteiger partial charge in [-0.3, -0.25) is 14.5 Å². The van der Waals surface area contributed by atoms with Crippen molar-refractivity contribution in [1.29, 1.82) is 0 Å². The van der Waals surface area contributed by atoms with Gasteiger partial charge in [-0.2, -0.15) is 0 Å². The third kappa shape index (κ3) is 2.56. The van der Waals surface area contributed by atoms with Gasteiger partial charge in [0.05, 0.1) is 0 Å². The van der Waals surface area contributed by atoms with E-state index < -0.39 is 0 Å². The van der Waals surface area contributed by atoms with Gasteiger partial charge in [-0.05, 0) is 20.8 Å². The van der Waals surface area contributed by atoms with Gasteiger partial charge in [0, 0.05) is 17.9 Å². The van der Waals surface area contributed by atoms with Crippen LogP contribution in [0.4, 0.5) is 0 Å². The Morgan fingerprint density at radius 1 is 1.21 bits per heavy atom.